The molecule has 4 N–H and O–H groups in total. The van der Waals surface area contributed by atoms with Crippen molar-refractivity contribution in [3.8, 4) is 5.75 Å². The van der Waals surface area contributed by atoms with Crippen molar-refractivity contribution in [2.75, 3.05) is 18.2 Å². The smallest absolute Gasteiger partial charge is 0.436 e. The number of nitrogens with zero attached hydrogens (tertiary/aromatic N) is 1. The Labute approximate surface area is 139 Å². The van der Waals surface area contributed by atoms with Crippen LogP contribution in [-0.4, -0.2) is 23.2 Å². The summed E-state index contributed by atoms with van der Waals surface area (Å²) in [5, 5.41) is 11.5. The summed E-state index contributed by atoms with van der Waals surface area (Å²) < 4.78 is 57.7. The van der Waals surface area contributed by atoms with Crippen LogP contribution < -0.4 is 15.8 Å². The number of anilines is 2. The second kappa shape index (κ2) is 6.83. The van der Waals surface area contributed by atoms with Crippen LogP contribution in [0.5, 0.6) is 5.75 Å². The number of carboxylic acids is 1. The molecule has 1 aromatic carbocycles. The van der Waals surface area contributed by atoms with Gasteiger partial charge < -0.3 is 20.9 Å². The summed E-state index contributed by atoms with van der Waals surface area (Å²) in [4.78, 5) is 14.1. The van der Waals surface area contributed by atoms with Crippen molar-refractivity contribution >= 4 is 17.5 Å². The number of benzene rings is 1. The van der Waals surface area contributed by atoms with Crippen LogP contribution in [0.25, 0.3) is 0 Å². The van der Waals surface area contributed by atoms with Crippen molar-refractivity contribution < 1.29 is 32.2 Å². The highest BCUT2D eigenvalue weighted by molar-refractivity contribution is 5.99. The molecule has 0 aliphatic rings. The molecule has 0 bridgehead atoms. The Morgan fingerprint density at radius 3 is 2.40 bits per heavy atom. The lowest BCUT2D eigenvalue weighted by molar-refractivity contribution is -0.143. The van der Waals surface area contributed by atoms with Crippen LogP contribution in [0.4, 0.5) is 29.1 Å². The first-order chi connectivity index (χ1) is 11.6. The molecule has 25 heavy (non-hydrogen) atoms. The highest BCUT2D eigenvalue weighted by Crippen LogP contribution is 2.36. The summed E-state index contributed by atoms with van der Waals surface area (Å²) in [6.07, 6.45) is -5.12. The number of nitrogen functional groups attached to an aromatic ring is 1. The van der Waals surface area contributed by atoms with E-state index < -0.39 is 40.7 Å². The number of hydrogen-bond donors (Lipinski definition) is 3. The average molecular weight is 359 g/mol. The van der Waals surface area contributed by atoms with E-state index in [1.54, 1.807) is 24.3 Å². The zero-order valence-electron chi connectivity index (χ0n) is 12.8. The monoisotopic (exact) mass is 359 g/mol. The van der Waals surface area contributed by atoms with E-state index >= 15 is 0 Å². The molecule has 0 amide bonds. The van der Waals surface area contributed by atoms with Gasteiger partial charge in [-0.15, -0.1) is 0 Å². The predicted molar refractivity (Wildman–Crippen MR) is 80.9 cm³/mol. The number of nitrogens with two attached hydrogens (primary N) is 1. The lowest BCUT2D eigenvalue weighted by Gasteiger charge is -2.16. The number of aromatic carboxylic acids is 1. The molecule has 0 aliphatic carbocycles. The number of ether oxygens (including phenoxy) is 1. The van der Waals surface area contributed by atoms with E-state index in [-0.39, 0.29) is 6.54 Å². The zero-order valence-corrected chi connectivity index (χ0v) is 12.8. The molecule has 0 radical (unpaired) electrons. The molecule has 0 fully saturated rings. The number of hydrogen-bond acceptors (Lipinski definition) is 5. The van der Waals surface area contributed by atoms with Gasteiger partial charge in [0.1, 0.15) is 17.1 Å². The van der Waals surface area contributed by atoms with Crippen molar-refractivity contribution in [3.63, 3.8) is 0 Å². The SMILES string of the molecule is COc1ccc(CNc2c(F)c(C(F)(F)F)nc(N)c2C(=O)O)cc1. The number of carbonyl (C=O) groups is 1. The molecule has 2 rings (SSSR count). The maximum atomic E-state index is 14.2. The third kappa shape index (κ3) is 3.90. The van der Waals surface area contributed by atoms with E-state index in [4.69, 9.17) is 15.6 Å². The quantitative estimate of drug-likeness (QED) is 0.710. The number of nitrogens with one attached hydrogen (secondary N) is 1. The minimum Gasteiger partial charge on any atom is -0.497 e. The van der Waals surface area contributed by atoms with Gasteiger partial charge in [-0.1, -0.05) is 12.1 Å². The minimum absolute atomic E-state index is 0.137. The molecular formula is C15H13F4N3O3. The average Bonchev–Trinajstić information content (AvgIpc) is 2.54. The summed E-state index contributed by atoms with van der Waals surface area (Å²) in [6.45, 7) is -0.137. The molecule has 134 valence electrons. The first-order valence-electron chi connectivity index (χ1n) is 6.81. The van der Waals surface area contributed by atoms with Crippen molar-refractivity contribution in [2.45, 2.75) is 12.7 Å². The third-order valence-corrected chi connectivity index (χ3v) is 3.28. The van der Waals surface area contributed by atoms with Gasteiger partial charge in [-0.25, -0.2) is 14.2 Å². The molecule has 0 aliphatic heterocycles. The normalized spacial score (nSPS) is 11.2. The summed E-state index contributed by atoms with van der Waals surface area (Å²) >= 11 is 0. The van der Waals surface area contributed by atoms with E-state index in [2.05, 4.69) is 10.3 Å². The van der Waals surface area contributed by atoms with Crippen molar-refractivity contribution in [3.05, 3.63) is 46.9 Å². The highest BCUT2D eigenvalue weighted by Gasteiger charge is 2.39. The van der Waals surface area contributed by atoms with Gasteiger partial charge in [0, 0.05) is 6.54 Å². The van der Waals surface area contributed by atoms with Crippen molar-refractivity contribution in [1.29, 1.82) is 0 Å². The van der Waals surface area contributed by atoms with Crippen LogP contribution in [0.3, 0.4) is 0 Å². The number of pyridine rings is 1. The van der Waals surface area contributed by atoms with Crippen LogP contribution >= 0.6 is 0 Å². The Morgan fingerprint density at radius 2 is 1.92 bits per heavy atom. The largest absolute Gasteiger partial charge is 0.497 e. The van der Waals surface area contributed by atoms with Gasteiger partial charge in [-0.05, 0) is 17.7 Å². The standard InChI is InChI=1S/C15H13F4N3O3/c1-25-8-4-2-7(3-5-8)6-21-11-9(14(23)24)13(20)22-12(10(11)16)15(17,18)19/h2-5H,6H2,1H3,(H,23,24)(H3,20,21,22). The fraction of sp³-hybridized carbons (Fsp3) is 0.200. The van der Waals surface area contributed by atoms with Gasteiger partial charge in [-0.2, -0.15) is 13.2 Å². The first-order valence-corrected chi connectivity index (χ1v) is 6.81. The lowest BCUT2D eigenvalue weighted by Crippen LogP contribution is -2.19. The summed E-state index contributed by atoms with van der Waals surface area (Å²) in [7, 11) is 1.46. The first kappa shape index (κ1) is 18.3. The zero-order chi connectivity index (χ0) is 18.8. The fourth-order valence-electron chi connectivity index (χ4n) is 2.09. The number of aromatic nitrogens is 1. The maximum absolute atomic E-state index is 14.2. The maximum Gasteiger partial charge on any atom is 0.436 e. The van der Waals surface area contributed by atoms with Crippen LogP contribution in [0.1, 0.15) is 21.6 Å². The summed E-state index contributed by atoms with van der Waals surface area (Å²) in [6, 6.07) is 6.35. The second-order valence-electron chi connectivity index (χ2n) is 4.91. The number of halogens is 4. The Balaban J connectivity index is 2.43. The van der Waals surface area contributed by atoms with Crippen LogP contribution in [0.2, 0.25) is 0 Å². The van der Waals surface area contributed by atoms with E-state index in [0.717, 1.165) is 0 Å². The topological polar surface area (TPSA) is 97.5 Å². The Morgan fingerprint density at radius 1 is 1.32 bits per heavy atom. The van der Waals surface area contributed by atoms with Crippen LogP contribution in [0, 0.1) is 5.82 Å². The third-order valence-electron chi connectivity index (χ3n) is 3.28. The number of rotatable bonds is 5. The molecule has 0 unspecified atom stereocenters. The molecule has 1 aromatic heterocycles. The molecule has 2 aromatic rings. The Kier molecular flexibility index (Phi) is 5.00. The van der Waals surface area contributed by atoms with E-state index in [1.807, 2.05) is 0 Å². The molecule has 0 saturated carbocycles. The van der Waals surface area contributed by atoms with Crippen LogP contribution in [0.15, 0.2) is 24.3 Å². The van der Waals surface area contributed by atoms with Gasteiger partial charge in [-0.3, -0.25) is 0 Å². The predicted octanol–water partition coefficient (Wildman–Crippen LogP) is 3.14. The molecule has 0 spiro atoms. The van der Waals surface area contributed by atoms with E-state index in [0.29, 0.717) is 11.3 Å². The molecular weight excluding hydrogens is 346 g/mol. The Bertz CT molecular complexity index is 792. The van der Waals surface area contributed by atoms with Crippen LogP contribution in [-0.2, 0) is 12.7 Å². The number of carboxylic acid groups (broad SMARTS) is 1. The van der Waals surface area contributed by atoms with Crippen molar-refractivity contribution in [1.82, 2.24) is 4.98 Å². The molecule has 6 nitrogen and oxygen atoms in total. The Hall–Kier alpha value is -3.04. The van der Waals surface area contributed by atoms with Gasteiger partial charge in [0.15, 0.2) is 11.5 Å². The fourth-order valence-corrected chi connectivity index (χ4v) is 2.09. The second-order valence-corrected chi connectivity index (χ2v) is 4.91. The molecule has 10 heteroatoms. The minimum atomic E-state index is -5.12. The van der Waals surface area contributed by atoms with Gasteiger partial charge in [0.2, 0.25) is 0 Å². The number of alkyl halides is 3. The van der Waals surface area contributed by atoms with Crippen molar-refractivity contribution in [2.24, 2.45) is 0 Å². The molecule has 0 saturated heterocycles. The molecule has 1 heterocycles. The summed E-state index contributed by atoms with van der Waals surface area (Å²) in [5.41, 5.74) is 2.22. The van der Waals surface area contributed by atoms with E-state index in [1.165, 1.54) is 7.11 Å². The van der Waals surface area contributed by atoms with Gasteiger partial charge in [0.05, 0.1) is 12.8 Å². The highest BCUT2D eigenvalue weighted by atomic mass is 19.4. The van der Waals surface area contributed by atoms with Gasteiger partial charge >= 0.3 is 12.1 Å². The lowest BCUT2D eigenvalue weighted by atomic mass is 10.1. The van der Waals surface area contributed by atoms with E-state index in [9.17, 15) is 22.4 Å². The number of methoxy groups -OCH3 is 1. The molecule has 0 atom stereocenters. The summed E-state index contributed by atoms with van der Waals surface area (Å²) in [5.74, 6) is -3.91. The van der Waals surface area contributed by atoms with Gasteiger partial charge in [0.25, 0.3) is 0 Å².